The average molecular weight is 187 g/mol. The second kappa shape index (κ2) is 9.12. The maximum absolute atomic E-state index is 10.2. The molecule has 0 aliphatic carbocycles. The Labute approximate surface area is 109 Å². The van der Waals surface area contributed by atoms with Crippen LogP contribution in [0.5, 0.6) is 0 Å². The summed E-state index contributed by atoms with van der Waals surface area (Å²) in [6.45, 7) is 4.12. The molecule has 0 aliphatic heterocycles. The minimum absolute atomic E-state index is 0. The molecule has 0 bridgehead atoms. The van der Waals surface area contributed by atoms with Gasteiger partial charge in [-0.1, -0.05) is 0 Å². The molecule has 4 nitrogen and oxygen atoms in total. The third kappa shape index (κ3) is 7.39. The summed E-state index contributed by atoms with van der Waals surface area (Å²) in [4.78, 5) is 10.2. The molecule has 0 aromatic heterocycles. The molecular weight excluding hydrogens is 175 g/mol. The van der Waals surface area contributed by atoms with Crippen molar-refractivity contribution in [3.8, 4) is 0 Å². The van der Waals surface area contributed by atoms with Gasteiger partial charge in [0.05, 0.1) is 0 Å². The topological polar surface area (TPSA) is 55.8 Å². The van der Waals surface area contributed by atoms with Crippen molar-refractivity contribution in [3.05, 3.63) is 0 Å². The Morgan fingerprint density at radius 1 is 1.36 bits per heavy atom. The molecule has 0 rings (SSSR count). The first kappa shape index (κ1) is 14.5. The molecule has 1 radical (unpaired) electrons. The van der Waals surface area contributed by atoms with Crippen LogP contribution in [0.2, 0.25) is 0 Å². The number of hydrogen-bond acceptors (Lipinski definition) is 3. The third-order valence-electron chi connectivity index (χ3n) is 0.838. The van der Waals surface area contributed by atoms with Crippen molar-refractivity contribution in [2.45, 2.75) is 20.1 Å². The fraction of sp³-hybridized carbons (Fsp3) is 0.833. The van der Waals surface area contributed by atoms with E-state index in [0.29, 0.717) is 13.2 Å². The Kier molecular flexibility index (Phi) is 12.1. The maximum atomic E-state index is 10.2. The van der Waals surface area contributed by atoms with Crippen LogP contribution in [0.4, 0.5) is 0 Å². The monoisotopic (exact) mass is 187 g/mol. The predicted octanol–water partition coefficient (Wildman–Crippen LogP) is 0.0893. The Morgan fingerprint density at radius 2 is 1.73 bits per heavy atom. The Hall–Kier alpha value is 1.03. The van der Waals surface area contributed by atoms with Crippen LogP contribution in [0.25, 0.3) is 0 Å². The van der Waals surface area contributed by atoms with Crippen LogP contribution in [0.1, 0.15) is 13.8 Å². The molecule has 0 saturated carbocycles. The number of aliphatic carboxylic acids is 1. The fourth-order valence-corrected chi connectivity index (χ4v) is 0.493. The molecule has 0 atom stereocenters. The van der Waals surface area contributed by atoms with Gasteiger partial charge in [0.25, 0.3) is 6.29 Å². The van der Waals surface area contributed by atoms with Gasteiger partial charge in [-0.2, -0.15) is 0 Å². The quantitative estimate of drug-likeness (QED) is 0.489. The van der Waals surface area contributed by atoms with E-state index in [1.165, 1.54) is 0 Å². The number of ether oxygens (including phenoxy) is 2. The third-order valence-corrected chi connectivity index (χ3v) is 0.838. The van der Waals surface area contributed by atoms with Crippen LogP contribution < -0.4 is 0 Å². The van der Waals surface area contributed by atoms with E-state index in [2.05, 4.69) is 0 Å². The molecule has 0 aromatic carbocycles. The van der Waals surface area contributed by atoms with Crippen molar-refractivity contribution in [1.82, 2.24) is 0 Å². The molecule has 0 heterocycles. The van der Waals surface area contributed by atoms with Gasteiger partial charge in [0.2, 0.25) is 0 Å². The number of rotatable bonds is 5. The molecule has 0 aliphatic rings. The molecule has 0 unspecified atom stereocenters. The molecule has 0 aromatic rings. The van der Waals surface area contributed by atoms with Crippen molar-refractivity contribution in [2.24, 2.45) is 0 Å². The second-order valence-corrected chi connectivity index (χ2v) is 1.58. The fourth-order valence-electron chi connectivity index (χ4n) is 0.493. The number of hydrogen-bond donors (Lipinski definition) is 1. The first-order valence-corrected chi connectivity index (χ1v) is 3.18. The summed E-state index contributed by atoms with van der Waals surface area (Å²) in [5.74, 6) is -1.08. The van der Waals surface area contributed by atoms with E-state index in [0.717, 1.165) is 0 Å². The summed E-state index contributed by atoms with van der Waals surface area (Å²) >= 11 is 0. The van der Waals surface area contributed by atoms with E-state index in [9.17, 15) is 4.79 Å². The number of carboxylic acid groups (broad SMARTS) is 1. The Balaban J connectivity index is 0. The molecule has 11 heavy (non-hydrogen) atoms. The van der Waals surface area contributed by atoms with Crippen LogP contribution in [0.15, 0.2) is 0 Å². The predicted molar refractivity (Wildman–Crippen MR) is 40.4 cm³/mol. The van der Waals surface area contributed by atoms with E-state index in [-0.39, 0.29) is 51.4 Å². The average Bonchev–Trinajstić information content (AvgIpc) is 1.87. The van der Waals surface area contributed by atoms with Gasteiger partial charge in [-0.3, -0.25) is 0 Å². The van der Waals surface area contributed by atoms with Crippen LogP contribution in [0, 0.1) is 0 Å². The smallest absolute Gasteiger partial charge is 0.361 e. The molecule has 0 saturated heterocycles. The molecule has 61 valence electrons. The van der Waals surface area contributed by atoms with Crippen molar-refractivity contribution >= 4 is 57.4 Å². The van der Waals surface area contributed by atoms with Gasteiger partial charge < -0.3 is 14.6 Å². The van der Waals surface area contributed by atoms with Crippen LogP contribution in [-0.4, -0.2) is 82.0 Å². The minimum Gasteiger partial charge on any atom is -0.477 e. The zero-order chi connectivity index (χ0) is 7.98. The number of carbonyl (C=O) groups is 1. The first-order valence-electron chi connectivity index (χ1n) is 3.18. The summed E-state index contributed by atoms with van der Waals surface area (Å²) < 4.78 is 9.44. The van der Waals surface area contributed by atoms with Crippen LogP contribution in [-0.2, 0) is 14.3 Å². The van der Waals surface area contributed by atoms with Crippen molar-refractivity contribution in [3.63, 3.8) is 0 Å². The van der Waals surface area contributed by atoms with Crippen molar-refractivity contribution < 1.29 is 19.4 Å². The first-order chi connectivity index (χ1) is 4.72. The maximum Gasteiger partial charge on any atom is 0.361 e. The molecule has 0 amide bonds. The molecular formula is C6H12KO4. The van der Waals surface area contributed by atoms with Gasteiger partial charge in [0, 0.05) is 64.6 Å². The van der Waals surface area contributed by atoms with E-state index in [1.54, 1.807) is 13.8 Å². The minimum atomic E-state index is -1.10. The Bertz CT molecular complexity index is 101. The normalized spacial score (nSPS) is 9.36. The van der Waals surface area contributed by atoms with Gasteiger partial charge >= 0.3 is 5.97 Å². The summed E-state index contributed by atoms with van der Waals surface area (Å²) in [5.41, 5.74) is 0. The van der Waals surface area contributed by atoms with Crippen molar-refractivity contribution in [2.75, 3.05) is 13.2 Å². The van der Waals surface area contributed by atoms with Gasteiger partial charge in [-0.05, 0) is 13.8 Å². The zero-order valence-electron chi connectivity index (χ0n) is 7.16. The van der Waals surface area contributed by atoms with E-state index in [4.69, 9.17) is 14.6 Å². The van der Waals surface area contributed by atoms with Gasteiger partial charge in [-0.15, -0.1) is 0 Å². The largest absolute Gasteiger partial charge is 0.477 e. The Morgan fingerprint density at radius 3 is 1.91 bits per heavy atom. The second-order valence-electron chi connectivity index (χ2n) is 1.58. The standard InChI is InChI=1S/C6H12O4.K/c1-3-9-6(5(7)8)10-4-2;/h6H,3-4H2,1-2H3,(H,7,8);. The van der Waals surface area contributed by atoms with Crippen molar-refractivity contribution in [1.29, 1.82) is 0 Å². The van der Waals surface area contributed by atoms with Crippen LogP contribution in [0.3, 0.4) is 0 Å². The summed E-state index contributed by atoms with van der Waals surface area (Å²) in [6, 6.07) is 0. The molecule has 0 fully saturated rings. The van der Waals surface area contributed by atoms with Gasteiger partial charge in [0.15, 0.2) is 0 Å². The van der Waals surface area contributed by atoms with E-state index >= 15 is 0 Å². The van der Waals surface area contributed by atoms with E-state index < -0.39 is 12.3 Å². The van der Waals surface area contributed by atoms with Gasteiger partial charge in [-0.25, -0.2) is 4.79 Å². The summed E-state index contributed by atoms with van der Waals surface area (Å²) in [7, 11) is 0. The molecule has 1 N–H and O–H groups in total. The SMILES string of the molecule is CCOC(OCC)C(=O)O.[K]. The zero-order valence-corrected chi connectivity index (χ0v) is 10.3. The summed E-state index contributed by atoms with van der Waals surface area (Å²) in [6.07, 6.45) is -1.10. The van der Waals surface area contributed by atoms with Gasteiger partial charge in [0.1, 0.15) is 0 Å². The van der Waals surface area contributed by atoms with E-state index in [1.807, 2.05) is 0 Å². The number of carboxylic acids is 1. The van der Waals surface area contributed by atoms with Crippen LogP contribution >= 0.6 is 0 Å². The molecule has 5 heteroatoms. The summed E-state index contributed by atoms with van der Waals surface area (Å²) in [5, 5.41) is 8.39. The molecule has 0 spiro atoms.